The van der Waals surface area contributed by atoms with Gasteiger partial charge in [0.1, 0.15) is 23.7 Å². The molecule has 0 bridgehead atoms. The van der Waals surface area contributed by atoms with Crippen LogP contribution in [0.4, 0.5) is 0 Å². The molecule has 67 heavy (non-hydrogen) atoms. The molecule has 0 aliphatic heterocycles. The Hall–Kier alpha value is -4.75. The van der Waals surface area contributed by atoms with E-state index in [1.807, 2.05) is 55.5 Å². The van der Waals surface area contributed by atoms with Crippen LogP contribution in [0.25, 0.3) is 0 Å². The van der Waals surface area contributed by atoms with Crippen LogP contribution in [0, 0.1) is 41.4 Å². The van der Waals surface area contributed by atoms with Crippen LogP contribution >= 0.6 is 35.3 Å². The molecule has 2 aromatic rings. The fourth-order valence-corrected chi connectivity index (χ4v) is 9.94. The lowest BCUT2D eigenvalue weighted by Crippen LogP contribution is -2.36. The minimum absolute atomic E-state index is 0.0208. The zero-order valence-corrected chi connectivity index (χ0v) is 42.9. The number of carbonyl (C=O) groups excluding carboxylic acids is 8. The van der Waals surface area contributed by atoms with Gasteiger partial charge in [-0.3, -0.25) is 38.4 Å². The third-order valence-electron chi connectivity index (χ3n) is 11.0. The average Bonchev–Trinajstić information content (AvgIpc) is 3.32. The van der Waals surface area contributed by atoms with E-state index in [2.05, 4.69) is 0 Å². The van der Waals surface area contributed by atoms with Gasteiger partial charge in [0.2, 0.25) is 0 Å². The number of esters is 8. The highest BCUT2D eigenvalue weighted by atomic mass is 32.2. The minimum Gasteiger partial charge on any atom is -0.469 e. The third kappa shape index (κ3) is 19.0. The third-order valence-corrected chi connectivity index (χ3v) is 14.2. The summed E-state index contributed by atoms with van der Waals surface area (Å²) in [6.45, 7) is 7.54. The quantitative estimate of drug-likeness (QED) is 0.0354. The predicted molar refractivity (Wildman–Crippen MR) is 252 cm³/mol. The van der Waals surface area contributed by atoms with Crippen molar-refractivity contribution < 1.29 is 76.3 Å². The van der Waals surface area contributed by atoms with Crippen molar-refractivity contribution in [3.8, 4) is 0 Å². The Kier molecular flexibility index (Phi) is 24.9. The van der Waals surface area contributed by atoms with Gasteiger partial charge in [-0.25, -0.2) is 0 Å². The molecule has 0 fully saturated rings. The lowest BCUT2D eigenvalue weighted by atomic mass is 9.78. The smallest absolute Gasteiger partial charge is 0.319 e. The van der Waals surface area contributed by atoms with Gasteiger partial charge in [-0.15, -0.1) is 11.8 Å². The van der Waals surface area contributed by atoms with Crippen LogP contribution in [0.5, 0.6) is 0 Å². The molecule has 0 amide bonds. The SMILES string of the molecule is COC(=O)C(CC(CC(C)(C)C(=O)OCCOC(=O)C(C)(C)CC(CC(CC(Sc1ccc(Sc2ccc(C)cc2)cc1)C(=O)OC)C(=O)OC)C(=O)OC)C(=O)OC)CC(SC)C(=O)OC. The molecule has 2 aromatic carbocycles. The first kappa shape index (κ1) is 58.4. The van der Waals surface area contributed by atoms with Crippen LogP contribution in [-0.4, -0.2) is 120 Å². The van der Waals surface area contributed by atoms with Gasteiger partial charge in [0, 0.05) is 14.7 Å². The standard InChI is InChI=1S/C48H66O16S3/c1-29-13-15-34(16-14-29)66-35-17-19-36(20-18-35)67-38(44(54)62-11)26-31(40(50)58-7)24-33(42(52)60-9)28-48(4,5)46(56)64-22-21-63-45(55)47(2,3)27-32(41(51)59-8)23-30(39(49)57-6)25-37(65-12)43(53)61-10/h13-20,30-33,37-38H,21-28H2,1-12H3. The second-order valence-corrected chi connectivity index (χ2v) is 20.5. The molecule has 0 aliphatic carbocycles. The van der Waals surface area contributed by atoms with E-state index in [4.69, 9.17) is 37.9 Å². The Balaban J connectivity index is 2.12. The molecule has 19 heteroatoms. The molecule has 0 spiro atoms. The summed E-state index contributed by atoms with van der Waals surface area (Å²) in [5, 5.41) is -1.57. The number of benzene rings is 2. The molecular weight excluding hydrogens is 929 g/mol. The summed E-state index contributed by atoms with van der Waals surface area (Å²) < 4.78 is 41.1. The summed E-state index contributed by atoms with van der Waals surface area (Å²) in [6, 6.07) is 15.8. The van der Waals surface area contributed by atoms with Crippen LogP contribution in [-0.2, 0) is 76.3 Å². The number of hydrogen-bond acceptors (Lipinski definition) is 19. The van der Waals surface area contributed by atoms with Crippen LogP contribution in [0.3, 0.4) is 0 Å². The number of methoxy groups -OCH3 is 6. The number of rotatable bonds is 28. The maximum atomic E-state index is 13.5. The average molecular weight is 995 g/mol. The molecule has 372 valence electrons. The zero-order chi connectivity index (χ0) is 50.5. The highest BCUT2D eigenvalue weighted by Gasteiger charge is 2.41. The topological polar surface area (TPSA) is 210 Å². The summed E-state index contributed by atoms with van der Waals surface area (Å²) in [7, 11) is 7.26. The molecule has 0 radical (unpaired) electrons. The Morgan fingerprint density at radius 3 is 1.16 bits per heavy atom. The summed E-state index contributed by atoms with van der Waals surface area (Å²) in [5.74, 6) is -9.09. The lowest BCUT2D eigenvalue weighted by Gasteiger charge is -2.29. The summed E-state index contributed by atoms with van der Waals surface area (Å²) >= 11 is 3.99. The van der Waals surface area contributed by atoms with Crippen molar-refractivity contribution in [2.75, 3.05) is 62.1 Å². The van der Waals surface area contributed by atoms with Crippen molar-refractivity contribution in [1.82, 2.24) is 0 Å². The Morgan fingerprint density at radius 2 is 0.791 bits per heavy atom. The zero-order valence-electron chi connectivity index (χ0n) is 40.5. The van der Waals surface area contributed by atoms with Crippen molar-refractivity contribution in [2.45, 2.75) is 98.3 Å². The van der Waals surface area contributed by atoms with Crippen LogP contribution in [0.15, 0.2) is 63.2 Å². The Morgan fingerprint density at radius 1 is 0.463 bits per heavy atom. The van der Waals surface area contributed by atoms with E-state index in [1.54, 1.807) is 45.7 Å². The molecule has 0 saturated heterocycles. The molecule has 6 unspecified atom stereocenters. The molecule has 0 N–H and O–H groups in total. The lowest BCUT2D eigenvalue weighted by molar-refractivity contribution is -0.166. The van der Waals surface area contributed by atoms with E-state index in [9.17, 15) is 38.4 Å². The van der Waals surface area contributed by atoms with Gasteiger partial charge < -0.3 is 37.9 Å². The second kappa shape index (κ2) is 28.5. The van der Waals surface area contributed by atoms with Gasteiger partial charge in [0.05, 0.1) is 77.2 Å². The molecule has 0 aliphatic rings. The van der Waals surface area contributed by atoms with Gasteiger partial charge in [0.25, 0.3) is 0 Å². The van der Waals surface area contributed by atoms with Crippen molar-refractivity contribution >= 4 is 83.0 Å². The van der Waals surface area contributed by atoms with Crippen molar-refractivity contribution in [3.05, 3.63) is 54.1 Å². The Labute approximate surface area is 406 Å². The van der Waals surface area contributed by atoms with Gasteiger partial charge in [-0.2, -0.15) is 11.8 Å². The Bertz CT molecular complexity index is 1970. The van der Waals surface area contributed by atoms with Crippen LogP contribution in [0.2, 0.25) is 0 Å². The molecule has 6 atom stereocenters. The van der Waals surface area contributed by atoms with Crippen molar-refractivity contribution in [1.29, 1.82) is 0 Å². The highest BCUT2D eigenvalue weighted by Crippen LogP contribution is 2.38. The predicted octanol–water partition coefficient (Wildman–Crippen LogP) is 7.32. The van der Waals surface area contributed by atoms with E-state index < -0.39 is 92.8 Å². The highest BCUT2D eigenvalue weighted by molar-refractivity contribution is 8.00. The first-order valence-corrected chi connectivity index (χ1v) is 24.4. The van der Waals surface area contributed by atoms with E-state index in [0.29, 0.717) is 0 Å². The molecular formula is C48H66O16S3. The monoisotopic (exact) mass is 994 g/mol. The minimum atomic E-state index is -1.31. The fraction of sp³-hybridized carbons (Fsp3) is 0.583. The van der Waals surface area contributed by atoms with E-state index in [-0.39, 0.29) is 51.7 Å². The van der Waals surface area contributed by atoms with Gasteiger partial charge in [-0.1, -0.05) is 29.5 Å². The van der Waals surface area contributed by atoms with Crippen molar-refractivity contribution in [3.63, 3.8) is 0 Å². The molecule has 0 heterocycles. The number of aryl methyl sites for hydroxylation is 1. The van der Waals surface area contributed by atoms with Gasteiger partial charge in [-0.05, 0) is 116 Å². The first-order valence-electron chi connectivity index (χ1n) is 21.4. The molecule has 2 rings (SSSR count). The molecule has 0 saturated carbocycles. The second-order valence-electron chi connectivity index (χ2n) is 17.0. The van der Waals surface area contributed by atoms with Gasteiger partial charge in [0.15, 0.2) is 0 Å². The molecule has 0 aromatic heterocycles. The molecule has 16 nitrogen and oxygen atoms in total. The van der Waals surface area contributed by atoms with Crippen molar-refractivity contribution in [2.24, 2.45) is 34.5 Å². The number of carbonyl (C=O) groups is 8. The van der Waals surface area contributed by atoms with E-state index in [1.165, 1.54) is 66.2 Å². The maximum Gasteiger partial charge on any atom is 0.319 e. The van der Waals surface area contributed by atoms with Crippen LogP contribution < -0.4 is 0 Å². The largest absolute Gasteiger partial charge is 0.469 e. The number of hydrogen-bond donors (Lipinski definition) is 0. The van der Waals surface area contributed by atoms with E-state index >= 15 is 0 Å². The number of ether oxygens (including phenoxy) is 8. The summed E-state index contributed by atoms with van der Waals surface area (Å²) in [4.78, 5) is 107. The summed E-state index contributed by atoms with van der Waals surface area (Å²) in [5.41, 5.74) is -1.44. The summed E-state index contributed by atoms with van der Waals surface area (Å²) in [6.07, 6.45) is 1.23. The normalized spacial score (nSPS) is 14.1. The van der Waals surface area contributed by atoms with Crippen LogP contribution in [0.1, 0.15) is 71.8 Å². The number of thioether (sulfide) groups is 2. The van der Waals surface area contributed by atoms with E-state index in [0.717, 1.165) is 20.2 Å². The fourth-order valence-electron chi connectivity index (χ4n) is 7.27. The maximum absolute atomic E-state index is 13.5. The first-order chi connectivity index (χ1) is 31.6. The van der Waals surface area contributed by atoms with Gasteiger partial charge >= 0.3 is 47.8 Å².